The highest BCUT2D eigenvalue weighted by atomic mass is 16.5. The van der Waals surface area contributed by atoms with Gasteiger partial charge in [-0.25, -0.2) is 0 Å². The van der Waals surface area contributed by atoms with Gasteiger partial charge in [-0.2, -0.15) is 0 Å². The second kappa shape index (κ2) is 11.2. The number of methoxy groups -OCH3 is 1. The van der Waals surface area contributed by atoms with E-state index in [1.807, 2.05) is 68.4 Å². The fourth-order valence-electron chi connectivity index (χ4n) is 3.51. The fourth-order valence-corrected chi connectivity index (χ4v) is 3.51. The van der Waals surface area contributed by atoms with Gasteiger partial charge in [-0.15, -0.1) is 0 Å². The molecule has 0 saturated heterocycles. The van der Waals surface area contributed by atoms with Crippen LogP contribution in [-0.2, 0) is 11.2 Å². The summed E-state index contributed by atoms with van der Waals surface area (Å²) in [4.78, 5) is 26.3. The van der Waals surface area contributed by atoms with Gasteiger partial charge < -0.3 is 19.8 Å². The molecule has 0 bridgehead atoms. The molecule has 2 atom stereocenters. The van der Waals surface area contributed by atoms with Gasteiger partial charge in [-0.3, -0.25) is 9.59 Å². The van der Waals surface area contributed by atoms with Crippen LogP contribution in [0.4, 0.5) is 5.69 Å². The van der Waals surface area contributed by atoms with Gasteiger partial charge in [0.1, 0.15) is 11.8 Å². The Morgan fingerprint density at radius 3 is 2.25 bits per heavy atom. The molecule has 3 rings (SSSR count). The number of carbonyl (C=O) groups is 2. The molecule has 2 N–H and O–H groups in total. The average Bonchev–Trinajstić information content (AvgIpc) is 3.33. The second-order valence-corrected chi connectivity index (χ2v) is 8.15. The van der Waals surface area contributed by atoms with Crippen molar-refractivity contribution in [3.05, 3.63) is 84.3 Å². The maximum Gasteiger partial charge on any atom is 0.243 e. The van der Waals surface area contributed by atoms with Crippen LogP contribution in [-0.4, -0.2) is 30.9 Å². The normalized spacial score (nSPS) is 12.8. The molecule has 0 fully saturated rings. The Bertz CT molecular complexity index is 982. The highest BCUT2D eigenvalue weighted by Crippen LogP contribution is 2.18. The largest absolute Gasteiger partial charge is 0.497 e. The Morgan fingerprint density at radius 1 is 0.938 bits per heavy atom. The molecule has 32 heavy (non-hydrogen) atoms. The first-order valence-electron chi connectivity index (χ1n) is 10.8. The van der Waals surface area contributed by atoms with Gasteiger partial charge in [-0.1, -0.05) is 44.2 Å². The quantitative estimate of drug-likeness (QED) is 0.427. The van der Waals surface area contributed by atoms with E-state index < -0.39 is 12.1 Å². The lowest BCUT2D eigenvalue weighted by molar-refractivity contribution is -0.122. The van der Waals surface area contributed by atoms with Gasteiger partial charge >= 0.3 is 0 Å². The van der Waals surface area contributed by atoms with E-state index in [0.29, 0.717) is 12.8 Å². The summed E-state index contributed by atoms with van der Waals surface area (Å²) >= 11 is 0. The number of hydrogen-bond acceptors (Lipinski definition) is 5. The van der Waals surface area contributed by atoms with E-state index in [1.54, 1.807) is 19.2 Å². The van der Waals surface area contributed by atoms with Crippen molar-refractivity contribution in [2.24, 2.45) is 5.92 Å². The topological polar surface area (TPSA) is 80.6 Å². The van der Waals surface area contributed by atoms with Crippen LogP contribution in [0.5, 0.6) is 5.75 Å². The van der Waals surface area contributed by atoms with Crippen molar-refractivity contribution in [1.29, 1.82) is 0 Å². The molecule has 1 heterocycles. The molecule has 0 aliphatic rings. The molecule has 0 radical (unpaired) electrons. The van der Waals surface area contributed by atoms with Gasteiger partial charge in [-0.05, 0) is 54.3 Å². The van der Waals surface area contributed by atoms with Gasteiger partial charge in [0.25, 0.3) is 0 Å². The summed E-state index contributed by atoms with van der Waals surface area (Å²) in [5, 5.41) is 6.27. The number of nitrogens with one attached hydrogen (secondary N) is 2. The van der Waals surface area contributed by atoms with E-state index in [0.717, 1.165) is 17.0 Å². The smallest absolute Gasteiger partial charge is 0.243 e. The van der Waals surface area contributed by atoms with Crippen molar-refractivity contribution in [2.45, 2.75) is 38.8 Å². The van der Waals surface area contributed by atoms with Crippen molar-refractivity contribution >= 4 is 17.4 Å². The van der Waals surface area contributed by atoms with Gasteiger partial charge in [0.2, 0.25) is 11.7 Å². The minimum Gasteiger partial charge on any atom is -0.497 e. The number of hydrogen-bond donors (Lipinski definition) is 2. The number of amides is 1. The fraction of sp³-hybridized carbons (Fsp3) is 0.308. The van der Waals surface area contributed by atoms with Crippen molar-refractivity contribution in [2.75, 3.05) is 12.4 Å². The molecule has 0 aliphatic carbocycles. The molecule has 2 aromatic carbocycles. The van der Waals surface area contributed by atoms with Crippen LogP contribution < -0.4 is 15.4 Å². The zero-order valence-electron chi connectivity index (χ0n) is 18.7. The molecule has 1 amide bonds. The summed E-state index contributed by atoms with van der Waals surface area (Å²) < 4.78 is 10.5. The highest BCUT2D eigenvalue weighted by molar-refractivity contribution is 6.00. The number of ketones is 1. The monoisotopic (exact) mass is 434 g/mol. The van der Waals surface area contributed by atoms with E-state index in [9.17, 15) is 9.59 Å². The van der Waals surface area contributed by atoms with E-state index in [1.165, 1.54) is 6.26 Å². The zero-order valence-corrected chi connectivity index (χ0v) is 18.7. The molecule has 1 aromatic heterocycles. The van der Waals surface area contributed by atoms with Crippen LogP contribution >= 0.6 is 0 Å². The number of benzene rings is 2. The lowest BCUT2D eigenvalue weighted by atomic mass is 9.97. The van der Waals surface area contributed by atoms with Crippen LogP contribution in [0, 0.1) is 5.92 Å². The number of anilines is 1. The number of rotatable bonds is 11. The summed E-state index contributed by atoms with van der Waals surface area (Å²) in [6, 6.07) is 19.3. The van der Waals surface area contributed by atoms with E-state index in [4.69, 9.17) is 9.15 Å². The van der Waals surface area contributed by atoms with Crippen molar-refractivity contribution in [1.82, 2.24) is 5.32 Å². The summed E-state index contributed by atoms with van der Waals surface area (Å²) in [7, 11) is 1.61. The molecule has 6 nitrogen and oxygen atoms in total. The SMILES string of the molecule is COc1ccc(N[C@@H](Cc2ccccc2)C(=O)N[C@@H](CC(C)C)C(=O)c2ccco2)cc1. The molecule has 0 saturated carbocycles. The Labute approximate surface area is 189 Å². The number of carbonyl (C=O) groups excluding carboxylic acids is 2. The summed E-state index contributed by atoms with van der Waals surface area (Å²) in [6.07, 6.45) is 2.46. The van der Waals surface area contributed by atoms with Crippen molar-refractivity contribution in [3.8, 4) is 5.75 Å². The van der Waals surface area contributed by atoms with Crippen LogP contribution in [0.2, 0.25) is 0 Å². The first-order chi connectivity index (χ1) is 15.5. The zero-order chi connectivity index (χ0) is 22.9. The molecule has 0 unspecified atom stereocenters. The van der Waals surface area contributed by atoms with Crippen molar-refractivity contribution < 1.29 is 18.7 Å². The Hall–Kier alpha value is -3.54. The average molecular weight is 435 g/mol. The van der Waals surface area contributed by atoms with Gasteiger partial charge in [0.15, 0.2) is 5.76 Å². The summed E-state index contributed by atoms with van der Waals surface area (Å²) in [6.45, 7) is 4.04. The third-order valence-corrected chi connectivity index (χ3v) is 5.13. The van der Waals surface area contributed by atoms with Gasteiger partial charge in [0.05, 0.1) is 19.4 Å². The van der Waals surface area contributed by atoms with Crippen LogP contribution in [0.25, 0.3) is 0 Å². The predicted molar refractivity (Wildman–Crippen MR) is 125 cm³/mol. The Morgan fingerprint density at radius 2 is 1.66 bits per heavy atom. The standard InChI is InChI=1S/C26H30N2O4/c1-18(2)16-22(25(29)24-10-7-15-32-24)28-26(30)23(17-19-8-5-4-6-9-19)27-20-11-13-21(31-3)14-12-20/h4-15,18,22-23,27H,16-17H2,1-3H3,(H,28,30)/t22-,23-/m0/s1. The Kier molecular flexibility index (Phi) is 8.08. The molecular weight excluding hydrogens is 404 g/mol. The highest BCUT2D eigenvalue weighted by Gasteiger charge is 2.28. The van der Waals surface area contributed by atoms with Crippen molar-refractivity contribution in [3.63, 3.8) is 0 Å². The third kappa shape index (κ3) is 6.48. The minimum atomic E-state index is -0.662. The molecule has 6 heteroatoms. The maximum absolute atomic E-state index is 13.4. The Balaban J connectivity index is 1.80. The lowest BCUT2D eigenvalue weighted by Crippen LogP contribution is -2.49. The summed E-state index contributed by atoms with van der Waals surface area (Å²) in [5.74, 6) is 0.746. The van der Waals surface area contributed by atoms with Crippen LogP contribution in [0.15, 0.2) is 77.4 Å². The van der Waals surface area contributed by atoms with E-state index in [-0.39, 0.29) is 23.4 Å². The molecule has 168 valence electrons. The third-order valence-electron chi connectivity index (χ3n) is 5.13. The first-order valence-corrected chi connectivity index (χ1v) is 10.8. The molecular formula is C26H30N2O4. The van der Waals surface area contributed by atoms with Crippen LogP contribution in [0.1, 0.15) is 36.4 Å². The molecule has 0 aliphatic heterocycles. The molecule has 3 aromatic rings. The predicted octanol–water partition coefficient (Wildman–Crippen LogP) is 4.73. The number of furan rings is 1. The minimum absolute atomic E-state index is 0.222. The first kappa shape index (κ1) is 23.1. The number of Topliss-reactive ketones (excluding diaryl/α,β-unsaturated/α-hetero) is 1. The van der Waals surface area contributed by atoms with E-state index >= 15 is 0 Å². The summed E-state index contributed by atoms with van der Waals surface area (Å²) in [5.41, 5.74) is 1.81. The lowest BCUT2D eigenvalue weighted by Gasteiger charge is -2.24. The maximum atomic E-state index is 13.4. The number of ether oxygens (including phenoxy) is 1. The second-order valence-electron chi connectivity index (χ2n) is 8.15. The molecule has 0 spiro atoms. The van der Waals surface area contributed by atoms with Crippen LogP contribution in [0.3, 0.4) is 0 Å². The van der Waals surface area contributed by atoms with E-state index in [2.05, 4.69) is 10.6 Å². The van der Waals surface area contributed by atoms with Gasteiger partial charge in [0, 0.05) is 12.1 Å².